The van der Waals surface area contributed by atoms with E-state index in [2.05, 4.69) is 46.0 Å². The summed E-state index contributed by atoms with van der Waals surface area (Å²) in [6.07, 6.45) is 6.35. The Kier molecular flexibility index (Phi) is 7.14. The van der Waals surface area contributed by atoms with Gasteiger partial charge in [-0.2, -0.15) is 5.26 Å². The molecule has 7 heteroatoms. The zero-order valence-electron chi connectivity index (χ0n) is 18.5. The molecule has 0 radical (unpaired) electrons. The van der Waals surface area contributed by atoms with Crippen LogP contribution in [0.1, 0.15) is 49.1 Å². The number of nitrogens with one attached hydrogen (secondary N) is 1. The third kappa shape index (κ3) is 5.69. The summed E-state index contributed by atoms with van der Waals surface area (Å²) in [7, 11) is -3.32. The Hall–Kier alpha value is -2.40. The van der Waals surface area contributed by atoms with Gasteiger partial charge in [0.2, 0.25) is 10.0 Å². The molecule has 0 aromatic heterocycles. The molecule has 0 bridgehead atoms. The Balaban J connectivity index is 1.41. The minimum absolute atomic E-state index is 0.106. The molecule has 6 nitrogen and oxygen atoms in total. The van der Waals surface area contributed by atoms with E-state index in [9.17, 15) is 13.7 Å². The predicted molar refractivity (Wildman–Crippen MR) is 126 cm³/mol. The third-order valence-electron chi connectivity index (χ3n) is 6.67. The Morgan fingerprint density at radius 1 is 1.06 bits per heavy atom. The van der Waals surface area contributed by atoms with Crippen molar-refractivity contribution < 1.29 is 13.2 Å². The molecule has 1 N–H and O–H groups in total. The Morgan fingerprint density at radius 3 is 2.50 bits per heavy atom. The van der Waals surface area contributed by atoms with Gasteiger partial charge < -0.3 is 9.64 Å². The smallest absolute Gasteiger partial charge is 0.209 e. The molecule has 2 aliphatic rings. The molecule has 4 rings (SSSR count). The molecule has 1 heterocycles. The van der Waals surface area contributed by atoms with Crippen LogP contribution in [0.4, 0.5) is 5.69 Å². The minimum Gasteiger partial charge on any atom is -0.376 e. The van der Waals surface area contributed by atoms with Crippen LogP contribution in [-0.2, 0) is 14.8 Å². The van der Waals surface area contributed by atoms with Crippen LogP contribution in [0.15, 0.2) is 54.6 Å². The van der Waals surface area contributed by atoms with Crippen LogP contribution in [0.2, 0.25) is 0 Å². The molecular formula is C25H31N3O3S. The Labute approximate surface area is 191 Å². The molecule has 2 fully saturated rings. The lowest BCUT2D eigenvalue weighted by molar-refractivity contribution is 0.0157. The number of sulfonamides is 1. The lowest BCUT2D eigenvalue weighted by atomic mass is 9.83. The normalized spacial score (nSPS) is 26.1. The fourth-order valence-corrected chi connectivity index (χ4v) is 5.89. The van der Waals surface area contributed by atoms with E-state index in [0.29, 0.717) is 24.5 Å². The molecule has 0 spiro atoms. The molecule has 2 aromatic carbocycles. The summed E-state index contributed by atoms with van der Waals surface area (Å²) in [5.41, 5.74) is 2.94. The van der Waals surface area contributed by atoms with Gasteiger partial charge in [0.15, 0.2) is 0 Å². The van der Waals surface area contributed by atoms with Gasteiger partial charge in [0.05, 0.1) is 36.6 Å². The number of anilines is 1. The van der Waals surface area contributed by atoms with Crippen LogP contribution >= 0.6 is 0 Å². The SMILES string of the molecule is CS(=O)(=O)N[C@H]1CCN(c2cccc(C#N)c2)[C@H]1CO[C@H]1CC[C@@H](c2ccccc2)CC1. The number of hydrogen-bond donors (Lipinski definition) is 1. The summed E-state index contributed by atoms with van der Waals surface area (Å²) in [5.74, 6) is 0.590. The molecule has 0 unspecified atom stereocenters. The van der Waals surface area contributed by atoms with Gasteiger partial charge in [-0.05, 0) is 61.8 Å². The number of rotatable bonds is 7. The number of nitriles is 1. The fraction of sp³-hybridized carbons (Fsp3) is 0.480. The quantitative estimate of drug-likeness (QED) is 0.690. The summed E-state index contributed by atoms with van der Waals surface area (Å²) >= 11 is 0. The topological polar surface area (TPSA) is 82.4 Å². The zero-order valence-corrected chi connectivity index (χ0v) is 19.3. The molecular weight excluding hydrogens is 422 g/mol. The average molecular weight is 454 g/mol. The van der Waals surface area contributed by atoms with E-state index in [0.717, 1.165) is 37.9 Å². The van der Waals surface area contributed by atoms with Crippen LogP contribution < -0.4 is 9.62 Å². The van der Waals surface area contributed by atoms with Crippen molar-refractivity contribution in [2.24, 2.45) is 0 Å². The van der Waals surface area contributed by atoms with Gasteiger partial charge >= 0.3 is 0 Å². The monoisotopic (exact) mass is 453 g/mol. The van der Waals surface area contributed by atoms with Gasteiger partial charge in [-0.1, -0.05) is 36.4 Å². The van der Waals surface area contributed by atoms with Crippen molar-refractivity contribution in [3.63, 3.8) is 0 Å². The van der Waals surface area contributed by atoms with Crippen LogP contribution in [-0.4, -0.2) is 46.0 Å². The van der Waals surface area contributed by atoms with E-state index in [1.807, 2.05) is 18.2 Å². The maximum absolute atomic E-state index is 11.9. The zero-order chi connectivity index (χ0) is 22.6. The maximum Gasteiger partial charge on any atom is 0.209 e. The van der Waals surface area contributed by atoms with E-state index < -0.39 is 10.0 Å². The molecule has 170 valence electrons. The van der Waals surface area contributed by atoms with Crippen LogP contribution in [0.3, 0.4) is 0 Å². The van der Waals surface area contributed by atoms with E-state index in [1.54, 1.807) is 6.07 Å². The van der Waals surface area contributed by atoms with Gasteiger partial charge in [-0.3, -0.25) is 0 Å². The number of hydrogen-bond acceptors (Lipinski definition) is 5. The molecule has 1 aliphatic heterocycles. The first-order valence-corrected chi connectivity index (χ1v) is 13.2. The van der Waals surface area contributed by atoms with Gasteiger partial charge in [-0.25, -0.2) is 13.1 Å². The summed E-state index contributed by atoms with van der Waals surface area (Å²) in [6.45, 7) is 1.18. The Morgan fingerprint density at radius 2 is 1.81 bits per heavy atom. The first-order valence-electron chi connectivity index (χ1n) is 11.3. The standard InChI is InChI=1S/C25H31N3O3S/c1-32(29,30)27-24-14-15-28(22-9-5-6-19(16-22)17-26)25(24)18-31-23-12-10-21(11-13-23)20-7-3-2-4-8-20/h2-9,16,21,23-25,27H,10-15,18H2,1H3/t21-,23+,24-,25-/m0/s1. The summed E-state index contributed by atoms with van der Waals surface area (Å²) < 4.78 is 33.0. The van der Waals surface area contributed by atoms with E-state index in [-0.39, 0.29) is 18.2 Å². The third-order valence-corrected chi connectivity index (χ3v) is 7.40. The molecule has 0 amide bonds. The number of nitrogens with zero attached hydrogens (tertiary/aromatic N) is 2. The molecule has 2 aromatic rings. The largest absolute Gasteiger partial charge is 0.376 e. The van der Waals surface area contributed by atoms with Crippen molar-refractivity contribution in [3.8, 4) is 6.07 Å². The van der Waals surface area contributed by atoms with Gasteiger partial charge in [0.1, 0.15) is 0 Å². The second-order valence-electron chi connectivity index (χ2n) is 8.93. The molecule has 1 saturated carbocycles. The van der Waals surface area contributed by atoms with Crippen molar-refractivity contribution in [1.82, 2.24) is 4.72 Å². The van der Waals surface area contributed by atoms with Gasteiger partial charge in [0, 0.05) is 18.3 Å². The predicted octanol–water partition coefficient (Wildman–Crippen LogP) is 3.80. The lowest BCUT2D eigenvalue weighted by Gasteiger charge is -2.33. The molecule has 1 aliphatic carbocycles. The van der Waals surface area contributed by atoms with E-state index in [1.165, 1.54) is 11.8 Å². The highest BCUT2D eigenvalue weighted by Gasteiger charge is 2.37. The maximum atomic E-state index is 11.9. The van der Waals surface area contributed by atoms with Crippen LogP contribution in [0.5, 0.6) is 0 Å². The summed E-state index contributed by atoms with van der Waals surface area (Å²) in [5, 5.41) is 9.27. The lowest BCUT2D eigenvalue weighted by Crippen LogP contribution is -2.48. The van der Waals surface area contributed by atoms with E-state index >= 15 is 0 Å². The first-order chi connectivity index (χ1) is 15.4. The highest BCUT2D eigenvalue weighted by Crippen LogP contribution is 2.35. The van der Waals surface area contributed by atoms with Crippen molar-refractivity contribution in [2.45, 2.75) is 56.2 Å². The van der Waals surface area contributed by atoms with Gasteiger partial charge in [-0.15, -0.1) is 0 Å². The van der Waals surface area contributed by atoms with Crippen LogP contribution in [0, 0.1) is 11.3 Å². The van der Waals surface area contributed by atoms with Crippen molar-refractivity contribution in [2.75, 3.05) is 24.3 Å². The highest BCUT2D eigenvalue weighted by molar-refractivity contribution is 7.88. The fourth-order valence-electron chi connectivity index (χ4n) is 5.07. The second-order valence-corrected chi connectivity index (χ2v) is 10.7. The molecule has 2 atom stereocenters. The van der Waals surface area contributed by atoms with Crippen molar-refractivity contribution >= 4 is 15.7 Å². The Bertz CT molecular complexity index is 1040. The van der Waals surface area contributed by atoms with Crippen molar-refractivity contribution in [1.29, 1.82) is 5.26 Å². The minimum atomic E-state index is -3.32. The molecule has 1 saturated heterocycles. The summed E-state index contributed by atoms with van der Waals surface area (Å²) in [4.78, 5) is 2.18. The van der Waals surface area contributed by atoms with E-state index in [4.69, 9.17) is 4.74 Å². The summed E-state index contributed by atoms with van der Waals surface area (Å²) in [6, 6.07) is 20.0. The van der Waals surface area contributed by atoms with Crippen LogP contribution in [0.25, 0.3) is 0 Å². The first kappa shape index (κ1) is 22.8. The highest BCUT2D eigenvalue weighted by atomic mass is 32.2. The van der Waals surface area contributed by atoms with Crippen molar-refractivity contribution in [3.05, 3.63) is 65.7 Å². The molecule has 32 heavy (non-hydrogen) atoms. The number of ether oxygens (including phenoxy) is 1. The average Bonchev–Trinajstić information content (AvgIpc) is 3.19. The second kappa shape index (κ2) is 10.0. The van der Waals surface area contributed by atoms with Gasteiger partial charge in [0.25, 0.3) is 0 Å². The number of benzene rings is 2.